The molecule has 0 saturated carbocycles. The van der Waals surface area contributed by atoms with Crippen molar-refractivity contribution in [2.24, 2.45) is 0 Å². The van der Waals surface area contributed by atoms with Gasteiger partial charge in [0.1, 0.15) is 0 Å². The zero-order valence-corrected chi connectivity index (χ0v) is 18.1. The highest BCUT2D eigenvalue weighted by Gasteiger charge is 2.25. The fraction of sp³-hybridized carbons (Fsp3) is 0.318. The molecule has 1 atom stereocenters. The second kappa shape index (κ2) is 10.0. The molecule has 154 valence electrons. The van der Waals surface area contributed by atoms with Gasteiger partial charge in [-0.15, -0.1) is 10.2 Å². The number of aromatic nitrogens is 4. The average Bonchev–Trinajstić information content (AvgIpc) is 3.18. The van der Waals surface area contributed by atoms with Crippen LogP contribution < -0.4 is 4.90 Å². The summed E-state index contributed by atoms with van der Waals surface area (Å²) in [5.41, 5.74) is 2.84. The van der Waals surface area contributed by atoms with Crippen LogP contribution in [0.5, 0.6) is 0 Å². The Labute approximate surface area is 180 Å². The molecule has 2 aromatic heterocycles. The van der Waals surface area contributed by atoms with Gasteiger partial charge in [-0.05, 0) is 45.0 Å². The van der Waals surface area contributed by atoms with Crippen LogP contribution in [0.25, 0.3) is 11.4 Å². The van der Waals surface area contributed by atoms with Crippen molar-refractivity contribution >= 4 is 23.4 Å². The molecule has 1 unspecified atom stereocenters. The average molecular weight is 421 g/mol. The van der Waals surface area contributed by atoms with E-state index in [0.29, 0.717) is 18.2 Å². The van der Waals surface area contributed by atoms with Crippen LogP contribution in [0.15, 0.2) is 53.9 Å². The summed E-state index contributed by atoms with van der Waals surface area (Å²) in [6, 6.07) is 13.7. The van der Waals surface area contributed by atoms with Crippen LogP contribution in [-0.2, 0) is 11.3 Å². The molecule has 0 bridgehead atoms. The maximum absolute atomic E-state index is 13.2. The molecule has 0 aliphatic heterocycles. The van der Waals surface area contributed by atoms with Gasteiger partial charge in [0.15, 0.2) is 11.0 Å². The summed E-state index contributed by atoms with van der Waals surface area (Å²) < 4.78 is 2.00. The number of hydrogen-bond donors (Lipinski definition) is 0. The lowest BCUT2D eigenvalue weighted by molar-refractivity contribution is -0.117. The van der Waals surface area contributed by atoms with E-state index in [-0.39, 0.29) is 17.6 Å². The van der Waals surface area contributed by atoms with E-state index in [1.165, 1.54) is 11.8 Å². The largest absolute Gasteiger partial charge is 0.310 e. The lowest BCUT2D eigenvalue weighted by Gasteiger charge is -2.25. The van der Waals surface area contributed by atoms with Crippen LogP contribution in [-0.4, -0.2) is 37.5 Å². The zero-order valence-electron chi connectivity index (χ0n) is 17.3. The van der Waals surface area contributed by atoms with E-state index in [4.69, 9.17) is 5.26 Å². The molecule has 0 fully saturated rings. The van der Waals surface area contributed by atoms with Crippen molar-refractivity contribution in [3.63, 3.8) is 0 Å². The minimum absolute atomic E-state index is 0.0600. The van der Waals surface area contributed by atoms with Crippen LogP contribution in [0, 0.1) is 18.3 Å². The minimum Gasteiger partial charge on any atom is -0.310 e. The van der Waals surface area contributed by atoms with Gasteiger partial charge in [0.25, 0.3) is 0 Å². The molecule has 0 N–H and O–H groups in total. The van der Waals surface area contributed by atoms with E-state index < -0.39 is 0 Å². The standard InChI is InChI=1S/C22H24N6OS/c1-4-27-20(18-10-13-24-14-11-18)25-26-22(27)30-17(3)21(29)28(15-5-12-23)19-8-6-16(2)7-9-19/h6-11,13-14,17H,4-5,15H2,1-3H3. The predicted molar refractivity (Wildman–Crippen MR) is 118 cm³/mol. The van der Waals surface area contributed by atoms with E-state index in [1.54, 1.807) is 17.3 Å². The number of carbonyl (C=O) groups excluding carboxylic acids is 1. The molecular formula is C22H24N6OS. The molecule has 0 saturated heterocycles. The number of nitriles is 1. The van der Waals surface area contributed by atoms with Crippen LogP contribution in [0.2, 0.25) is 0 Å². The quantitative estimate of drug-likeness (QED) is 0.510. The molecule has 7 nitrogen and oxygen atoms in total. The summed E-state index contributed by atoms with van der Waals surface area (Å²) in [6.45, 7) is 6.93. The molecule has 0 spiro atoms. The number of anilines is 1. The number of aryl methyl sites for hydroxylation is 1. The van der Waals surface area contributed by atoms with Crippen molar-refractivity contribution in [3.05, 3.63) is 54.4 Å². The number of benzene rings is 1. The van der Waals surface area contributed by atoms with E-state index in [2.05, 4.69) is 21.3 Å². The van der Waals surface area contributed by atoms with E-state index >= 15 is 0 Å². The number of nitrogens with zero attached hydrogens (tertiary/aromatic N) is 6. The minimum atomic E-state index is -0.384. The molecule has 8 heteroatoms. The Bertz CT molecular complexity index is 1030. The highest BCUT2D eigenvalue weighted by atomic mass is 32.2. The van der Waals surface area contributed by atoms with E-state index in [9.17, 15) is 4.79 Å². The molecule has 0 radical (unpaired) electrons. The monoisotopic (exact) mass is 420 g/mol. The van der Waals surface area contributed by atoms with Crippen LogP contribution in [0.4, 0.5) is 5.69 Å². The highest BCUT2D eigenvalue weighted by molar-refractivity contribution is 8.00. The van der Waals surface area contributed by atoms with Crippen molar-refractivity contribution in [2.45, 2.75) is 44.1 Å². The Morgan fingerprint density at radius 3 is 2.53 bits per heavy atom. The Balaban J connectivity index is 1.82. The molecule has 30 heavy (non-hydrogen) atoms. The fourth-order valence-corrected chi connectivity index (χ4v) is 4.03. The van der Waals surface area contributed by atoms with Gasteiger partial charge in [0.2, 0.25) is 5.91 Å². The van der Waals surface area contributed by atoms with Gasteiger partial charge in [0.05, 0.1) is 17.7 Å². The van der Waals surface area contributed by atoms with Gasteiger partial charge in [-0.25, -0.2) is 0 Å². The molecule has 1 aromatic carbocycles. The first-order valence-electron chi connectivity index (χ1n) is 9.80. The van der Waals surface area contributed by atoms with Crippen LogP contribution in [0.3, 0.4) is 0 Å². The number of thioether (sulfide) groups is 1. The van der Waals surface area contributed by atoms with Crippen molar-refractivity contribution < 1.29 is 4.79 Å². The summed E-state index contributed by atoms with van der Waals surface area (Å²) in [5, 5.41) is 18.0. The molecule has 2 heterocycles. The Morgan fingerprint density at radius 2 is 1.90 bits per heavy atom. The molecule has 0 aliphatic rings. The summed E-state index contributed by atoms with van der Waals surface area (Å²) in [7, 11) is 0. The second-order valence-corrected chi connectivity index (χ2v) is 8.09. The number of amides is 1. The third-order valence-corrected chi connectivity index (χ3v) is 5.73. The van der Waals surface area contributed by atoms with E-state index in [1.807, 2.05) is 61.7 Å². The van der Waals surface area contributed by atoms with Gasteiger partial charge >= 0.3 is 0 Å². The van der Waals surface area contributed by atoms with Crippen molar-refractivity contribution in [2.75, 3.05) is 11.4 Å². The summed E-state index contributed by atoms with van der Waals surface area (Å²) in [5.74, 6) is 0.692. The lowest BCUT2D eigenvalue weighted by Crippen LogP contribution is -2.37. The van der Waals surface area contributed by atoms with Gasteiger partial charge in [0, 0.05) is 36.7 Å². The first-order valence-corrected chi connectivity index (χ1v) is 10.7. The topological polar surface area (TPSA) is 87.7 Å². The fourth-order valence-electron chi connectivity index (χ4n) is 3.06. The molecular weight excluding hydrogens is 396 g/mol. The smallest absolute Gasteiger partial charge is 0.240 e. The van der Waals surface area contributed by atoms with Crippen LogP contribution in [0.1, 0.15) is 25.8 Å². The van der Waals surface area contributed by atoms with Gasteiger partial charge in [-0.3, -0.25) is 9.78 Å². The van der Waals surface area contributed by atoms with Gasteiger partial charge in [-0.2, -0.15) is 5.26 Å². The SMILES string of the molecule is CCn1c(SC(C)C(=O)N(CCC#N)c2ccc(C)cc2)nnc1-c1ccncc1. The Kier molecular flexibility index (Phi) is 7.20. The van der Waals surface area contributed by atoms with Gasteiger partial charge in [-0.1, -0.05) is 29.5 Å². The summed E-state index contributed by atoms with van der Waals surface area (Å²) in [6.07, 6.45) is 3.71. The first kappa shape index (κ1) is 21.5. The molecule has 0 aliphatic carbocycles. The summed E-state index contributed by atoms with van der Waals surface area (Å²) in [4.78, 5) is 19.0. The summed E-state index contributed by atoms with van der Waals surface area (Å²) >= 11 is 1.38. The normalized spacial score (nSPS) is 11.7. The third kappa shape index (κ3) is 4.86. The first-order chi connectivity index (χ1) is 14.5. The number of carbonyl (C=O) groups is 1. The number of rotatable bonds is 8. The van der Waals surface area contributed by atoms with Crippen molar-refractivity contribution in [3.8, 4) is 17.5 Å². The lowest BCUT2D eigenvalue weighted by atomic mass is 10.2. The molecule has 3 rings (SSSR count). The Hall–Kier alpha value is -3.18. The maximum Gasteiger partial charge on any atom is 0.240 e. The van der Waals surface area contributed by atoms with Crippen molar-refractivity contribution in [1.82, 2.24) is 19.7 Å². The zero-order chi connectivity index (χ0) is 21.5. The van der Waals surface area contributed by atoms with Crippen LogP contribution >= 0.6 is 11.8 Å². The molecule has 3 aromatic rings. The molecule has 1 amide bonds. The Morgan fingerprint density at radius 1 is 1.20 bits per heavy atom. The third-order valence-electron chi connectivity index (χ3n) is 4.66. The highest BCUT2D eigenvalue weighted by Crippen LogP contribution is 2.28. The predicted octanol–water partition coefficient (Wildman–Crippen LogP) is 4.10. The number of pyridine rings is 1. The number of hydrogen-bond acceptors (Lipinski definition) is 6. The van der Waals surface area contributed by atoms with Gasteiger partial charge < -0.3 is 9.47 Å². The van der Waals surface area contributed by atoms with Crippen molar-refractivity contribution in [1.29, 1.82) is 5.26 Å². The second-order valence-electron chi connectivity index (χ2n) is 6.78. The van der Waals surface area contributed by atoms with E-state index in [0.717, 1.165) is 22.6 Å². The maximum atomic E-state index is 13.2.